The van der Waals surface area contributed by atoms with Crippen LogP contribution >= 0.6 is 0 Å². The third-order valence-electron chi connectivity index (χ3n) is 5.90. The molecule has 0 aliphatic carbocycles. The van der Waals surface area contributed by atoms with Gasteiger partial charge in [0.1, 0.15) is 5.84 Å². The maximum Gasteiger partial charge on any atom is 0.227 e. The summed E-state index contributed by atoms with van der Waals surface area (Å²) < 4.78 is 0. The van der Waals surface area contributed by atoms with Crippen LogP contribution in [0.15, 0.2) is 59.7 Å². The minimum absolute atomic E-state index is 0.460. The number of fused-ring (bicyclic) bond motifs is 3. The van der Waals surface area contributed by atoms with Gasteiger partial charge in [0.2, 0.25) is 5.95 Å². The van der Waals surface area contributed by atoms with Crippen LogP contribution in [0.1, 0.15) is 23.1 Å². The number of likely N-dealkylation sites (N-methyl/N-ethyl adjacent to an activating group) is 1. The van der Waals surface area contributed by atoms with Gasteiger partial charge in [0, 0.05) is 59.5 Å². The molecular weight excluding hydrogens is 386 g/mol. The summed E-state index contributed by atoms with van der Waals surface area (Å²) >= 11 is 0. The van der Waals surface area contributed by atoms with Crippen LogP contribution in [-0.4, -0.2) is 53.1 Å². The normalized spacial score (nSPS) is 17.1. The number of benzene rings is 2. The largest absolute Gasteiger partial charge is 0.355 e. The molecule has 0 bridgehead atoms. The van der Waals surface area contributed by atoms with Gasteiger partial charge in [-0.2, -0.15) is 0 Å². The van der Waals surface area contributed by atoms with Crippen molar-refractivity contribution in [3.05, 3.63) is 71.4 Å². The van der Waals surface area contributed by atoms with Gasteiger partial charge in [0.25, 0.3) is 0 Å². The summed E-state index contributed by atoms with van der Waals surface area (Å²) in [6.07, 6.45) is 4.82. The highest BCUT2D eigenvalue weighted by molar-refractivity contribution is 5.97. The summed E-state index contributed by atoms with van der Waals surface area (Å²) in [6, 6.07) is 16.5. The fourth-order valence-electron chi connectivity index (χ4n) is 4.11. The van der Waals surface area contributed by atoms with Crippen molar-refractivity contribution >= 4 is 23.7 Å². The average molecular weight is 412 g/mol. The summed E-state index contributed by atoms with van der Waals surface area (Å²) in [5.74, 6) is 1.12. The Bertz CT molecular complexity index is 1140. The van der Waals surface area contributed by atoms with Gasteiger partial charge in [-0.05, 0) is 37.7 Å². The van der Waals surface area contributed by atoms with Crippen molar-refractivity contribution in [2.75, 3.05) is 25.5 Å². The van der Waals surface area contributed by atoms with Crippen molar-refractivity contribution < 1.29 is 0 Å². The molecule has 5 rings (SSSR count). The number of likely N-dealkylation sites (tertiary alicyclic amines) is 1. The molecule has 2 aromatic carbocycles. The number of hydrogen-bond acceptors (Lipinski definition) is 6. The van der Waals surface area contributed by atoms with E-state index in [4.69, 9.17) is 10.4 Å². The Hall–Kier alpha value is -3.58. The van der Waals surface area contributed by atoms with Crippen LogP contribution in [0, 0.1) is 5.41 Å². The van der Waals surface area contributed by atoms with Gasteiger partial charge in [-0.15, -0.1) is 0 Å². The first-order valence-corrected chi connectivity index (χ1v) is 10.5. The lowest BCUT2D eigenvalue weighted by Gasteiger charge is -2.19. The van der Waals surface area contributed by atoms with E-state index in [0.29, 0.717) is 24.4 Å². The maximum absolute atomic E-state index is 8.52. The third kappa shape index (κ3) is 3.92. The van der Waals surface area contributed by atoms with E-state index in [1.54, 1.807) is 0 Å². The molecule has 2 aliphatic heterocycles. The van der Waals surface area contributed by atoms with Crippen molar-refractivity contribution in [1.82, 2.24) is 20.2 Å². The number of aromatic nitrogens is 2. The lowest BCUT2D eigenvalue weighted by Crippen LogP contribution is -2.33. The van der Waals surface area contributed by atoms with Crippen molar-refractivity contribution in [1.29, 1.82) is 5.41 Å². The molecule has 31 heavy (non-hydrogen) atoms. The van der Waals surface area contributed by atoms with Gasteiger partial charge in [-0.3, -0.25) is 10.4 Å². The van der Waals surface area contributed by atoms with Gasteiger partial charge < -0.3 is 15.5 Å². The molecule has 1 fully saturated rings. The van der Waals surface area contributed by atoms with Crippen LogP contribution in [-0.2, 0) is 6.54 Å². The molecule has 1 aromatic heterocycles. The van der Waals surface area contributed by atoms with Crippen molar-refractivity contribution in [3.63, 3.8) is 0 Å². The highest BCUT2D eigenvalue weighted by Crippen LogP contribution is 2.28. The maximum atomic E-state index is 8.52. The zero-order valence-electron chi connectivity index (χ0n) is 17.5. The van der Waals surface area contributed by atoms with Crippen molar-refractivity contribution in [3.8, 4) is 11.3 Å². The summed E-state index contributed by atoms with van der Waals surface area (Å²) in [5, 5.41) is 15.1. The number of amidine groups is 1. The molecule has 0 amide bonds. The van der Waals surface area contributed by atoms with E-state index in [9.17, 15) is 0 Å². The molecular formula is C24H25N7. The fraction of sp³-hybridized carbons (Fsp3) is 0.250. The molecule has 1 atom stereocenters. The summed E-state index contributed by atoms with van der Waals surface area (Å²) in [6.45, 7) is 2.37. The minimum Gasteiger partial charge on any atom is -0.355 e. The summed E-state index contributed by atoms with van der Waals surface area (Å²) in [5.41, 5.74) is 5.87. The van der Waals surface area contributed by atoms with E-state index in [0.717, 1.165) is 53.1 Å². The zero-order chi connectivity index (χ0) is 21.2. The molecule has 3 aromatic rings. The van der Waals surface area contributed by atoms with E-state index in [2.05, 4.69) is 37.6 Å². The number of aliphatic imine (C=N–C) groups is 1. The van der Waals surface area contributed by atoms with Gasteiger partial charge in [-0.25, -0.2) is 9.97 Å². The standard InChI is InChI=1S/C24H25N7/c1-26-20-10-11-31(15-20)23(25)16-6-8-19(9-7-16)29-24-28-14-18-13-27-12-17-4-2-3-5-21(17)22(18)30-24/h2-9,12,14,20,25-26H,10-11,13,15H2,1H3,(H,28,29,30). The lowest BCUT2D eigenvalue weighted by atomic mass is 10.0. The Morgan fingerprint density at radius 3 is 2.77 bits per heavy atom. The van der Waals surface area contributed by atoms with Gasteiger partial charge in [0.05, 0.1) is 12.2 Å². The number of nitrogens with one attached hydrogen (secondary N) is 3. The number of rotatable bonds is 4. The second kappa shape index (κ2) is 8.28. The summed E-state index contributed by atoms with van der Waals surface area (Å²) in [7, 11) is 1.98. The summed E-state index contributed by atoms with van der Waals surface area (Å²) in [4.78, 5) is 15.9. The second-order valence-electron chi connectivity index (χ2n) is 7.90. The molecule has 1 unspecified atom stereocenters. The molecule has 156 valence electrons. The molecule has 0 spiro atoms. The molecule has 0 saturated carbocycles. The molecule has 3 N–H and O–H groups in total. The Labute approximate surface area is 181 Å². The Morgan fingerprint density at radius 2 is 1.97 bits per heavy atom. The fourth-order valence-corrected chi connectivity index (χ4v) is 4.11. The Balaban J connectivity index is 1.34. The molecule has 0 radical (unpaired) electrons. The number of hydrogen-bond donors (Lipinski definition) is 3. The molecule has 2 aliphatic rings. The molecule has 3 heterocycles. The highest BCUT2D eigenvalue weighted by Gasteiger charge is 2.23. The zero-order valence-corrected chi connectivity index (χ0v) is 17.5. The van der Waals surface area contributed by atoms with Gasteiger partial charge in [0.15, 0.2) is 0 Å². The van der Waals surface area contributed by atoms with E-state index >= 15 is 0 Å². The first-order valence-electron chi connectivity index (χ1n) is 10.5. The smallest absolute Gasteiger partial charge is 0.227 e. The van der Waals surface area contributed by atoms with E-state index in [1.807, 2.05) is 55.9 Å². The first-order chi connectivity index (χ1) is 15.2. The minimum atomic E-state index is 0.460. The topological polar surface area (TPSA) is 89.3 Å². The van der Waals surface area contributed by atoms with Gasteiger partial charge >= 0.3 is 0 Å². The van der Waals surface area contributed by atoms with Crippen LogP contribution < -0.4 is 10.6 Å². The van der Waals surface area contributed by atoms with Crippen LogP contribution in [0.2, 0.25) is 0 Å². The molecule has 1 saturated heterocycles. The number of nitrogens with zero attached hydrogens (tertiary/aromatic N) is 4. The quantitative estimate of drug-likeness (QED) is 0.452. The lowest BCUT2D eigenvalue weighted by molar-refractivity contribution is 0.491. The van der Waals surface area contributed by atoms with Crippen LogP contribution in [0.25, 0.3) is 11.3 Å². The first kappa shape index (κ1) is 19.4. The predicted octanol–water partition coefficient (Wildman–Crippen LogP) is 3.44. The van der Waals surface area contributed by atoms with Gasteiger partial charge in [-0.1, -0.05) is 24.3 Å². The van der Waals surface area contributed by atoms with Crippen LogP contribution in [0.5, 0.6) is 0 Å². The number of anilines is 2. The highest BCUT2D eigenvalue weighted by atomic mass is 15.2. The monoisotopic (exact) mass is 411 g/mol. The van der Waals surface area contributed by atoms with E-state index in [1.165, 1.54) is 0 Å². The Morgan fingerprint density at radius 1 is 1.13 bits per heavy atom. The third-order valence-corrected chi connectivity index (χ3v) is 5.90. The van der Waals surface area contributed by atoms with E-state index in [-0.39, 0.29) is 0 Å². The second-order valence-corrected chi connectivity index (χ2v) is 7.90. The van der Waals surface area contributed by atoms with Crippen LogP contribution in [0.3, 0.4) is 0 Å². The average Bonchev–Trinajstić information content (AvgIpc) is 3.22. The van der Waals surface area contributed by atoms with Crippen molar-refractivity contribution in [2.24, 2.45) is 4.99 Å². The van der Waals surface area contributed by atoms with Crippen LogP contribution in [0.4, 0.5) is 11.6 Å². The van der Waals surface area contributed by atoms with Crippen molar-refractivity contribution in [2.45, 2.75) is 19.0 Å². The SMILES string of the molecule is CNC1CCN(C(=N)c2ccc(Nc3ncc4c(n3)-c3ccccc3C=NC4)cc2)C1. The van der Waals surface area contributed by atoms with E-state index < -0.39 is 0 Å². The molecule has 7 heteroatoms. The predicted molar refractivity (Wildman–Crippen MR) is 124 cm³/mol. The Kier molecular flexibility index (Phi) is 5.18. The molecule has 7 nitrogen and oxygen atoms in total.